The van der Waals surface area contributed by atoms with Crippen LogP contribution in [0.4, 0.5) is 10.2 Å². The second kappa shape index (κ2) is 5.34. The Morgan fingerprint density at radius 1 is 1.67 bits per heavy atom. The van der Waals surface area contributed by atoms with Crippen LogP contribution in [0.2, 0.25) is 0 Å². The van der Waals surface area contributed by atoms with E-state index < -0.39 is 11.5 Å². The van der Waals surface area contributed by atoms with E-state index in [4.69, 9.17) is 0 Å². The van der Waals surface area contributed by atoms with Gasteiger partial charge in [0.25, 0.3) is 0 Å². The van der Waals surface area contributed by atoms with Gasteiger partial charge in [-0.15, -0.1) is 11.8 Å². The van der Waals surface area contributed by atoms with Gasteiger partial charge in [0, 0.05) is 26.0 Å². The molecule has 2 rings (SSSR count). The Labute approximate surface area is 108 Å². The molecule has 18 heavy (non-hydrogen) atoms. The lowest BCUT2D eigenvalue weighted by Gasteiger charge is -2.11. The molecule has 1 unspecified atom stereocenters. The summed E-state index contributed by atoms with van der Waals surface area (Å²) in [6.45, 7) is 0. The van der Waals surface area contributed by atoms with Crippen LogP contribution in [0.25, 0.3) is 0 Å². The first kappa shape index (κ1) is 12.8. The monoisotopic (exact) mass is 268 g/mol. The fourth-order valence-corrected chi connectivity index (χ4v) is 2.34. The van der Waals surface area contributed by atoms with Gasteiger partial charge in [-0.05, 0) is 5.41 Å². The highest BCUT2D eigenvalue weighted by atomic mass is 32.2. The van der Waals surface area contributed by atoms with Crippen molar-refractivity contribution >= 4 is 23.9 Å². The molecule has 0 spiro atoms. The number of hydrogen-bond acceptors (Lipinski definition) is 4. The summed E-state index contributed by atoms with van der Waals surface area (Å²) in [6, 6.07) is -0.128. The fourth-order valence-electron chi connectivity index (χ4n) is 1.46. The maximum atomic E-state index is 13.7. The molecular formula is C11H13FN4OS. The largest absolute Gasteiger partial charge is 0.369 e. The number of halogens is 1. The fraction of sp³-hybridized carbons (Fsp3) is 0.364. The molecular weight excluding hydrogens is 255 g/mol. The van der Waals surface area contributed by atoms with Crippen LogP contribution in [-0.2, 0) is 0 Å². The van der Waals surface area contributed by atoms with Crippen molar-refractivity contribution in [3.63, 3.8) is 0 Å². The van der Waals surface area contributed by atoms with Crippen LogP contribution < -0.4 is 5.69 Å². The molecule has 1 aromatic heterocycles. The minimum Gasteiger partial charge on any atom is -0.369 e. The standard InChI is InChI=1S/C11H13FN4OS/c1-15(2)7-13-10-9(12)5-16(11(17)14-10)8-3-4-18-6-8/h3-5,7-8H,6H2,1-2H3/b13-7+. The lowest BCUT2D eigenvalue weighted by atomic mass is 10.3. The van der Waals surface area contributed by atoms with E-state index in [1.165, 1.54) is 17.1 Å². The van der Waals surface area contributed by atoms with Gasteiger partial charge in [0.1, 0.15) is 0 Å². The second-order valence-electron chi connectivity index (χ2n) is 4.04. The zero-order valence-corrected chi connectivity index (χ0v) is 10.9. The van der Waals surface area contributed by atoms with Gasteiger partial charge in [0.15, 0.2) is 11.6 Å². The Hall–Kier alpha value is -1.63. The molecule has 1 aromatic rings. The van der Waals surface area contributed by atoms with Gasteiger partial charge >= 0.3 is 5.69 Å². The van der Waals surface area contributed by atoms with Crippen molar-refractivity contribution in [3.8, 4) is 0 Å². The summed E-state index contributed by atoms with van der Waals surface area (Å²) in [7, 11) is 3.51. The van der Waals surface area contributed by atoms with Gasteiger partial charge < -0.3 is 4.90 Å². The van der Waals surface area contributed by atoms with Crippen molar-refractivity contribution in [1.29, 1.82) is 0 Å². The number of allylic oxidation sites excluding steroid dienone is 1. The minimum atomic E-state index is -0.599. The predicted molar refractivity (Wildman–Crippen MR) is 70.9 cm³/mol. The third kappa shape index (κ3) is 2.79. The van der Waals surface area contributed by atoms with E-state index in [2.05, 4.69) is 9.98 Å². The zero-order chi connectivity index (χ0) is 13.1. The van der Waals surface area contributed by atoms with Crippen LogP contribution in [0.1, 0.15) is 6.04 Å². The van der Waals surface area contributed by atoms with Crippen LogP contribution in [0.5, 0.6) is 0 Å². The first-order valence-electron chi connectivity index (χ1n) is 5.35. The molecule has 0 saturated heterocycles. The van der Waals surface area contributed by atoms with Crippen molar-refractivity contribution in [3.05, 3.63) is 34.0 Å². The second-order valence-corrected chi connectivity index (χ2v) is 4.98. The van der Waals surface area contributed by atoms with Gasteiger partial charge in [-0.2, -0.15) is 4.98 Å². The molecule has 0 aliphatic carbocycles. The number of nitrogens with zero attached hydrogens (tertiary/aromatic N) is 4. The molecule has 0 radical (unpaired) electrons. The molecule has 0 aromatic carbocycles. The number of rotatable bonds is 3. The first-order chi connectivity index (χ1) is 8.58. The average molecular weight is 268 g/mol. The number of aliphatic imine (C=N–C) groups is 1. The Balaban J connectivity index is 2.34. The third-order valence-corrected chi connectivity index (χ3v) is 3.20. The van der Waals surface area contributed by atoms with Crippen molar-refractivity contribution in [2.24, 2.45) is 4.99 Å². The highest BCUT2D eigenvalue weighted by Crippen LogP contribution is 2.24. The molecule has 5 nitrogen and oxygen atoms in total. The smallest absolute Gasteiger partial charge is 0.350 e. The molecule has 1 aliphatic heterocycles. The predicted octanol–water partition coefficient (Wildman–Crippen LogP) is 1.41. The average Bonchev–Trinajstić information content (AvgIpc) is 2.83. The van der Waals surface area contributed by atoms with Crippen molar-refractivity contribution in [2.75, 3.05) is 19.8 Å². The van der Waals surface area contributed by atoms with Gasteiger partial charge in [-0.25, -0.2) is 14.2 Å². The highest BCUT2D eigenvalue weighted by molar-refractivity contribution is 8.02. The Morgan fingerprint density at radius 3 is 3.06 bits per heavy atom. The maximum Gasteiger partial charge on any atom is 0.350 e. The number of hydrogen-bond donors (Lipinski definition) is 0. The molecule has 1 aliphatic rings. The van der Waals surface area contributed by atoms with Crippen LogP contribution >= 0.6 is 11.8 Å². The van der Waals surface area contributed by atoms with Crippen LogP contribution in [-0.4, -0.2) is 40.6 Å². The van der Waals surface area contributed by atoms with Crippen LogP contribution in [0.15, 0.2) is 27.5 Å². The molecule has 0 fully saturated rings. The quantitative estimate of drug-likeness (QED) is 0.614. The summed E-state index contributed by atoms with van der Waals surface area (Å²) >= 11 is 1.58. The lowest BCUT2D eigenvalue weighted by molar-refractivity contribution is 0.554. The van der Waals surface area contributed by atoms with E-state index in [0.29, 0.717) is 0 Å². The van der Waals surface area contributed by atoms with E-state index >= 15 is 0 Å². The molecule has 7 heteroatoms. The SMILES string of the molecule is CN(C)/C=N/c1nc(=O)n(C2C=CSC2)cc1F. The lowest BCUT2D eigenvalue weighted by Crippen LogP contribution is -2.26. The van der Waals surface area contributed by atoms with Crippen molar-refractivity contribution in [2.45, 2.75) is 6.04 Å². The van der Waals surface area contributed by atoms with E-state index in [-0.39, 0.29) is 11.9 Å². The molecule has 0 bridgehead atoms. The zero-order valence-electron chi connectivity index (χ0n) is 10.1. The van der Waals surface area contributed by atoms with Gasteiger partial charge in [-0.1, -0.05) is 6.08 Å². The topological polar surface area (TPSA) is 50.5 Å². The summed E-state index contributed by atoms with van der Waals surface area (Å²) < 4.78 is 15.0. The van der Waals surface area contributed by atoms with E-state index in [9.17, 15) is 9.18 Å². The van der Waals surface area contributed by atoms with Gasteiger partial charge in [0.2, 0.25) is 0 Å². The van der Waals surface area contributed by atoms with E-state index in [1.54, 1.807) is 30.8 Å². The Bertz CT molecular complexity index is 552. The molecule has 96 valence electrons. The highest BCUT2D eigenvalue weighted by Gasteiger charge is 2.16. The summed E-state index contributed by atoms with van der Waals surface area (Å²) in [5.41, 5.74) is -0.487. The van der Waals surface area contributed by atoms with Gasteiger partial charge in [-0.3, -0.25) is 4.57 Å². The molecule has 0 amide bonds. The maximum absolute atomic E-state index is 13.7. The molecule has 1 atom stereocenters. The van der Waals surface area contributed by atoms with E-state index in [0.717, 1.165) is 5.75 Å². The molecule has 0 saturated carbocycles. The van der Waals surface area contributed by atoms with Crippen molar-refractivity contribution in [1.82, 2.24) is 14.5 Å². The van der Waals surface area contributed by atoms with Gasteiger partial charge in [0.05, 0.1) is 12.4 Å². The van der Waals surface area contributed by atoms with E-state index in [1.807, 2.05) is 11.5 Å². The third-order valence-electron chi connectivity index (χ3n) is 2.32. The summed E-state index contributed by atoms with van der Waals surface area (Å²) in [6.07, 6.45) is 4.43. The molecule has 0 N–H and O–H groups in total. The number of thioether (sulfide) groups is 1. The summed E-state index contributed by atoms with van der Waals surface area (Å²) in [5, 5.41) is 1.90. The normalized spacial score (nSPS) is 18.7. The first-order valence-corrected chi connectivity index (χ1v) is 6.40. The summed E-state index contributed by atoms with van der Waals surface area (Å²) in [5.74, 6) is -0.0565. The van der Waals surface area contributed by atoms with Crippen LogP contribution in [0.3, 0.4) is 0 Å². The molecule has 2 heterocycles. The number of aromatic nitrogens is 2. The Morgan fingerprint density at radius 2 is 2.44 bits per heavy atom. The summed E-state index contributed by atoms with van der Waals surface area (Å²) in [4.78, 5) is 20.9. The minimum absolute atomic E-state index is 0.128. The Kier molecular flexibility index (Phi) is 3.81. The van der Waals surface area contributed by atoms with Crippen LogP contribution in [0, 0.1) is 5.82 Å². The van der Waals surface area contributed by atoms with Crippen molar-refractivity contribution < 1.29 is 4.39 Å².